The number of hydrogen-bond donors (Lipinski definition) is 1. The van der Waals surface area contributed by atoms with E-state index in [0.29, 0.717) is 39.4 Å². The van der Waals surface area contributed by atoms with Gasteiger partial charge in [-0.1, -0.05) is 59.2 Å². The van der Waals surface area contributed by atoms with E-state index < -0.39 is 6.04 Å². The lowest BCUT2D eigenvalue weighted by atomic mass is 9.94. The number of anilines is 1. The fraction of sp³-hybridized carbons (Fsp3) is 0.115. The van der Waals surface area contributed by atoms with E-state index >= 15 is 0 Å². The number of carbonyl (C=O) groups is 1. The van der Waals surface area contributed by atoms with Crippen LogP contribution in [0.4, 0.5) is 10.5 Å². The van der Waals surface area contributed by atoms with E-state index in [0.717, 1.165) is 11.1 Å². The molecule has 4 aromatic rings. The minimum Gasteiger partial charge on any atom is -0.497 e. The molecule has 1 aromatic heterocycles. The van der Waals surface area contributed by atoms with Gasteiger partial charge >= 0.3 is 6.03 Å². The van der Waals surface area contributed by atoms with Crippen LogP contribution in [0.15, 0.2) is 89.1 Å². The molecule has 0 aliphatic carbocycles. The number of carbonyl (C=O) groups excluding carboxylic acids is 1. The third-order valence-corrected chi connectivity index (χ3v) is 5.94. The maximum absolute atomic E-state index is 13.2. The lowest BCUT2D eigenvalue weighted by Crippen LogP contribution is -2.46. The van der Waals surface area contributed by atoms with Crippen LogP contribution < -0.4 is 15.0 Å². The van der Waals surface area contributed by atoms with Crippen molar-refractivity contribution in [2.45, 2.75) is 13.0 Å². The first-order valence-electron chi connectivity index (χ1n) is 10.7. The van der Waals surface area contributed by atoms with Gasteiger partial charge < -0.3 is 14.6 Å². The second-order valence-electron chi connectivity index (χ2n) is 7.76. The van der Waals surface area contributed by atoms with Crippen LogP contribution in [0.2, 0.25) is 5.02 Å². The van der Waals surface area contributed by atoms with Gasteiger partial charge in [-0.15, -0.1) is 0 Å². The number of nitrogens with zero attached hydrogens (tertiary/aromatic N) is 3. The number of benzene rings is 3. The standard InChI is InChI=1S/C26H21ClN4O3/c1-16-22(25-29-24(30-34-25)18-9-6-10-21(15-18)33-2)23(17-7-4-3-5-8-17)28-26(32)31(16)20-13-11-19(27)12-14-20/h3-15,23H,1-2H3,(H,28,32). The summed E-state index contributed by atoms with van der Waals surface area (Å²) in [5, 5.41) is 7.88. The second-order valence-corrected chi connectivity index (χ2v) is 8.20. The molecule has 0 fully saturated rings. The molecule has 1 aliphatic rings. The molecule has 34 heavy (non-hydrogen) atoms. The van der Waals surface area contributed by atoms with E-state index in [1.165, 1.54) is 0 Å². The van der Waals surface area contributed by atoms with Crippen molar-refractivity contribution in [1.82, 2.24) is 15.5 Å². The fourth-order valence-electron chi connectivity index (χ4n) is 4.03. The number of rotatable bonds is 5. The Morgan fingerprint density at radius 3 is 2.53 bits per heavy atom. The summed E-state index contributed by atoms with van der Waals surface area (Å²) in [4.78, 5) is 19.5. The monoisotopic (exact) mass is 472 g/mol. The first-order valence-corrected chi connectivity index (χ1v) is 11.0. The number of allylic oxidation sites excluding steroid dienone is 1. The first kappa shape index (κ1) is 21.7. The molecular weight excluding hydrogens is 452 g/mol. The van der Waals surface area contributed by atoms with Gasteiger partial charge in [-0.05, 0) is 48.9 Å². The van der Waals surface area contributed by atoms with Gasteiger partial charge in [0.2, 0.25) is 5.82 Å². The molecule has 0 saturated heterocycles. The second kappa shape index (κ2) is 9.03. The predicted molar refractivity (Wildman–Crippen MR) is 131 cm³/mol. The Labute approximate surface area is 201 Å². The Morgan fingerprint density at radius 2 is 1.79 bits per heavy atom. The molecule has 2 heterocycles. The number of methoxy groups -OCH3 is 1. The maximum atomic E-state index is 13.2. The summed E-state index contributed by atoms with van der Waals surface area (Å²) in [6, 6.07) is 23.5. The highest BCUT2D eigenvalue weighted by atomic mass is 35.5. The Balaban J connectivity index is 1.64. The molecule has 1 aliphatic heterocycles. The molecule has 7 nitrogen and oxygen atoms in total. The molecule has 5 rings (SSSR count). The van der Waals surface area contributed by atoms with E-state index in [1.807, 2.05) is 61.5 Å². The Morgan fingerprint density at radius 1 is 1.03 bits per heavy atom. The van der Waals surface area contributed by atoms with Crippen molar-refractivity contribution in [3.05, 3.63) is 101 Å². The van der Waals surface area contributed by atoms with Gasteiger partial charge in [0.05, 0.1) is 24.4 Å². The average Bonchev–Trinajstić information content (AvgIpc) is 3.35. The Bertz CT molecular complexity index is 1370. The fourth-order valence-corrected chi connectivity index (χ4v) is 4.15. The smallest absolute Gasteiger partial charge is 0.326 e. The van der Waals surface area contributed by atoms with Crippen LogP contribution in [0.1, 0.15) is 24.4 Å². The van der Waals surface area contributed by atoms with Gasteiger partial charge in [0, 0.05) is 16.3 Å². The van der Waals surface area contributed by atoms with Gasteiger partial charge in [0.25, 0.3) is 5.89 Å². The van der Waals surface area contributed by atoms with Gasteiger partial charge in [-0.25, -0.2) is 4.79 Å². The average molecular weight is 473 g/mol. The van der Waals surface area contributed by atoms with E-state index in [-0.39, 0.29) is 6.03 Å². The summed E-state index contributed by atoms with van der Waals surface area (Å²) in [7, 11) is 1.61. The topological polar surface area (TPSA) is 80.5 Å². The number of amides is 2. The van der Waals surface area contributed by atoms with Crippen molar-refractivity contribution < 1.29 is 14.1 Å². The zero-order valence-corrected chi connectivity index (χ0v) is 19.3. The number of nitrogens with one attached hydrogen (secondary N) is 1. The van der Waals surface area contributed by atoms with Gasteiger partial charge in [-0.3, -0.25) is 4.90 Å². The van der Waals surface area contributed by atoms with Crippen LogP contribution in [-0.2, 0) is 0 Å². The Kier molecular flexibility index (Phi) is 5.77. The molecule has 8 heteroatoms. The molecule has 2 amide bonds. The summed E-state index contributed by atoms with van der Waals surface area (Å²) in [6.07, 6.45) is 0. The third kappa shape index (κ3) is 4.02. The molecule has 1 unspecified atom stereocenters. The highest BCUT2D eigenvalue weighted by Crippen LogP contribution is 2.39. The molecule has 0 saturated carbocycles. The quantitative estimate of drug-likeness (QED) is 0.379. The Hall–Kier alpha value is -4.10. The van der Waals surface area contributed by atoms with Crippen LogP contribution in [0, 0.1) is 0 Å². The molecule has 170 valence electrons. The molecule has 0 radical (unpaired) electrons. The number of urea groups is 1. The summed E-state index contributed by atoms with van der Waals surface area (Å²) >= 11 is 6.06. The van der Waals surface area contributed by atoms with E-state index in [9.17, 15) is 4.79 Å². The van der Waals surface area contributed by atoms with Crippen molar-refractivity contribution in [2.24, 2.45) is 0 Å². The summed E-state index contributed by atoms with van der Waals surface area (Å²) < 4.78 is 11.0. The predicted octanol–water partition coefficient (Wildman–Crippen LogP) is 6.10. The van der Waals surface area contributed by atoms with Crippen LogP contribution in [0.25, 0.3) is 17.0 Å². The molecular formula is C26H21ClN4O3. The van der Waals surface area contributed by atoms with Crippen molar-refractivity contribution in [3.63, 3.8) is 0 Å². The largest absolute Gasteiger partial charge is 0.497 e. The lowest BCUT2D eigenvalue weighted by Gasteiger charge is -2.35. The number of hydrogen-bond acceptors (Lipinski definition) is 5. The molecule has 0 bridgehead atoms. The van der Waals surface area contributed by atoms with E-state index in [2.05, 4.69) is 15.5 Å². The number of halogens is 1. The molecule has 0 spiro atoms. The molecule has 3 aromatic carbocycles. The molecule has 1 atom stereocenters. The van der Waals surface area contributed by atoms with E-state index in [1.54, 1.807) is 36.3 Å². The van der Waals surface area contributed by atoms with Crippen molar-refractivity contribution in [2.75, 3.05) is 12.0 Å². The lowest BCUT2D eigenvalue weighted by molar-refractivity contribution is 0.244. The zero-order valence-electron chi connectivity index (χ0n) is 18.5. The summed E-state index contributed by atoms with van der Waals surface area (Å²) in [6.45, 7) is 1.87. The highest BCUT2D eigenvalue weighted by molar-refractivity contribution is 6.30. The van der Waals surface area contributed by atoms with Gasteiger partial charge in [-0.2, -0.15) is 4.98 Å². The van der Waals surface area contributed by atoms with Gasteiger partial charge in [0.15, 0.2) is 0 Å². The number of aromatic nitrogens is 2. The normalized spacial score (nSPS) is 15.9. The van der Waals surface area contributed by atoms with Crippen molar-refractivity contribution in [3.8, 4) is 17.1 Å². The van der Waals surface area contributed by atoms with E-state index in [4.69, 9.17) is 20.9 Å². The minimum absolute atomic E-state index is 0.259. The van der Waals surface area contributed by atoms with Crippen molar-refractivity contribution in [1.29, 1.82) is 0 Å². The van der Waals surface area contributed by atoms with Crippen LogP contribution >= 0.6 is 11.6 Å². The van der Waals surface area contributed by atoms with Crippen LogP contribution in [0.3, 0.4) is 0 Å². The highest BCUT2D eigenvalue weighted by Gasteiger charge is 2.36. The SMILES string of the molecule is COc1cccc(-c2noc(C3=C(C)N(c4ccc(Cl)cc4)C(=O)NC3c3ccccc3)n2)c1. The molecule has 1 N–H and O–H groups in total. The summed E-state index contributed by atoms with van der Waals surface area (Å²) in [5.74, 6) is 1.44. The van der Waals surface area contributed by atoms with Crippen LogP contribution in [0.5, 0.6) is 5.75 Å². The zero-order chi connectivity index (χ0) is 23.7. The number of ether oxygens (including phenoxy) is 1. The third-order valence-electron chi connectivity index (χ3n) is 5.69. The first-order chi connectivity index (χ1) is 16.5. The summed E-state index contributed by atoms with van der Waals surface area (Å²) in [5.41, 5.74) is 3.74. The minimum atomic E-state index is -0.462. The van der Waals surface area contributed by atoms with Gasteiger partial charge in [0.1, 0.15) is 5.75 Å². The van der Waals surface area contributed by atoms with Crippen LogP contribution in [-0.4, -0.2) is 23.3 Å². The maximum Gasteiger partial charge on any atom is 0.326 e. The van der Waals surface area contributed by atoms with Crippen molar-refractivity contribution >= 4 is 28.9 Å².